The summed E-state index contributed by atoms with van der Waals surface area (Å²) in [6.07, 6.45) is 6.27. The molecule has 3 aromatic carbocycles. The fraction of sp³-hybridized carbons (Fsp3) is 0.368. The van der Waals surface area contributed by atoms with E-state index in [1.807, 2.05) is 59.5 Å². The van der Waals surface area contributed by atoms with Crippen LogP contribution in [0, 0.1) is 0 Å². The van der Waals surface area contributed by atoms with Gasteiger partial charge in [-0.3, -0.25) is 19.3 Å². The topological polar surface area (TPSA) is 109 Å². The Balaban J connectivity index is 1.15. The van der Waals surface area contributed by atoms with Gasteiger partial charge in [0.25, 0.3) is 11.8 Å². The highest BCUT2D eigenvalue weighted by Gasteiger charge is 2.43. The van der Waals surface area contributed by atoms with Gasteiger partial charge in [-0.2, -0.15) is 5.10 Å². The first-order chi connectivity index (χ1) is 24.0. The number of nitrogens with zero attached hydrogens (tertiary/aromatic N) is 5. The molecule has 2 saturated heterocycles. The molecule has 2 fully saturated rings. The van der Waals surface area contributed by atoms with Crippen molar-refractivity contribution < 1.29 is 23.9 Å². The number of carbonyl (C=O) groups excluding carboxylic acids is 3. The van der Waals surface area contributed by atoms with Gasteiger partial charge in [0.15, 0.2) is 11.5 Å². The molecular formula is C38H42N6O5. The van der Waals surface area contributed by atoms with E-state index in [0.29, 0.717) is 49.5 Å². The summed E-state index contributed by atoms with van der Waals surface area (Å²) in [4.78, 5) is 48.2. The Bertz CT molecular complexity index is 1760. The van der Waals surface area contributed by atoms with E-state index < -0.39 is 6.04 Å². The van der Waals surface area contributed by atoms with Crippen LogP contribution in [0.25, 0.3) is 5.69 Å². The highest BCUT2D eigenvalue weighted by atomic mass is 16.6. The second kappa shape index (κ2) is 14.9. The van der Waals surface area contributed by atoms with E-state index in [1.165, 1.54) is 0 Å². The van der Waals surface area contributed by atoms with Gasteiger partial charge in [-0.15, -0.1) is 0 Å². The molecule has 3 aliphatic rings. The molecule has 0 saturated carbocycles. The van der Waals surface area contributed by atoms with Crippen molar-refractivity contribution >= 4 is 17.7 Å². The van der Waals surface area contributed by atoms with Crippen LogP contribution >= 0.6 is 0 Å². The van der Waals surface area contributed by atoms with Crippen LogP contribution < -0.4 is 14.8 Å². The van der Waals surface area contributed by atoms with Gasteiger partial charge in [-0.1, -0.05) is 36.4 Å². The molecule has 2 bridgehead atoms. The van der Waals surface area contributed by atoms with E-state index in [-0.39, 0.29) is 30.3 Å². The average Bonchev–Trinajstić information content (AvgIpc) is 3.84. The average molecular weight is 663 g/mol. The fourth-order valence-electron chi connectivity index (χ4n) is 7.10. The molecule has 1 aromatic heterocycles. The Morgan fingerprint density at radius 2 is 1.61 bits per heavy atom. The van der Waals surface area contributed by atoms with Crippen molar-refractivity contribution in [1.82, 2.24) is 29.8 Å². The van der Waals surface area contributed by atoms with Crippen molar-refractivity contribution in [3.8, 4) is 17.2 Å². The summed E-state index contributed by atoms with van der Waals surface area (Å²) in [7, 11) is 0. The third-order valence-corrected chi connectivity index (χ3v) is 9.54. The number of aromatic nitrogens is 2. The first-order valence-electron chi connectivity index (χ1n) is 17.2. The van der Waals surface area contributed by atoms with Crippen LogP contribution in [0.2, 0.25) is 0 Å². The first kappa shape index (κ1) is 32.4. The summed E-state index contributed by atoms with van der Waals surface area (Å²) >= 11 is 0. The van der Waals surface area contributed by atoms with Crippen molar-refractivity contribution in [3.05, 3.63) is 108 Å². The van der Waals surface area contributed by atoms with Gasteiger partial charge < -0.3 is 24.6 Å². The van der Waals surface area contributed by atoms with Crippen molar-refractivity contribution in [2.24, 2.45) is 0 Å². The van der Waals surface area contributed by atoms with Crippen molar-refractivity contribution in [2.75, 3.05) is 45.9 Å². The summed E-state index contributed by atoms with van der Waals surface area (Å²) in [6, 6.07) is 23.4. The maximum absolute atomic E-state index is 14.3. The highest BCUT2D eigenvalue weighted by molar-refractivity contribution is 6.01. The van der Waals surface area contributed by atoms with E-state index in [9.17, 15) is 14.4 Å². The zero-order valence-electron chi connectivity index (χ0n) is 27.6. The highest BCUT2D eigenvalue weighted by Crippen LogP contribution is 2.32. The van der Waals surface area contributed by atoms with Gasteiger partial charge in [-0.25, -0.2) is 4.68 Å². The largest absolute Gasteiger partial charge is 0.486 e. The van der Waals surface area contributed by atoms with Gasteiger partial charge in [-0.05, 0) is 80.3 Å². The summed E-state index contributed by atoms with van der Waals surface area (Å²) in [6.45, 7) is 4.72. The van der Waals surface area contributed by atoms with Gasteiger partial charge in [0, 0.05) is 50.7 Å². The lowest BCUT2D eigenvalue weighted by atomic mass is 10.1. The van der Waals surface area contributed by atoms with Crippen LogP contribution in [0.4, 0.5) is 0 Å². The number of hydrogen-bond donors (Lipinski definition) is 1. The number of ether oxygens (including phenoxy) is 2. The first-order valence-corrected chi connectivity index (χ1v) is 17.2. The van der Waals surface area contributed by atoms with Crippen LogP contribution in [0.15, 0.2) is 91.3 Å². The Kier molecular flexibility index (Phi) is 9.88. The quantitative estimate of drug-likeness (QED) is 0.342. The Hall–Kier alpha value is -5.16. The predicted molar refractivity (Wildman–Crippen MR) is 184 cm³/mol. The third kappa shape index (κ3) is 7.31. The fourth-order valence-corrected chi connectivity index (χ4v) is 7.10. The molecule has 1 N–H and O–H groups in total. The normalized spacial score (nSPS) is 20.4. The maximum atomic E-state index is 14.3. The molecule has 4 heterocycles. The summed E-state index contributed by atoms with van der Waals surface area (Å²) < 4.78 is 13.2. The molecule has 3 amide bonds. The van der Waals surface area contributed by atoms with Crippen LogP contribution in [0.1, 0.15) is 52.0 Å². The zero-order valence-corrected chi connectivity index (χ0v) is 27.6. The molecule has 4 aromatic rings. The molecule has 7 rings (SSSR count). The second-order valence-electron chi connectivity index (χ2n) is 12.8. The number of benzene rings is 3. The van der Waals surface area contributed by atoms with E-state index in [1.54, 1.807) is 34.1 Å². The molecule has 11 nitrogen and oxygen atoms in total. The maximum Gasteiger partial charge on any atom is 0.256 e. The van der Waals surface area contributed by atoms with E-state index in [4.69, 9.17) is 9.47 Å². The molecule has 2 atom stereocenters. The third-order valence-electron chi connectivity index (χ3n) is 9.54. The zero-order chi connectivity index (χ0) is 33.6. The molecule has 0 unspecified atom stereocenters. The number of fused-ring (bicyclic) bond motifs is 3. The van der Waals surface area contributed by atoms with Gasteiger partial charge >= 0.3 is 0 Å². The summed E-state index contributed by atoms with van der Waals surface area (Å²) in [5.41, 5.74) is 2.82. The lowest BCUT2D eigenvalue weighted by molar-refractivity contribution is -0.124. The Morgan fingerprint density at radius 1 is 0.816 bits per heavy atom. The lowest BCUT2D eigenvalue weighted by Gasteiger charge is -2.31. The summed E-state index contributed by atoms with van der Waals surface area (Å²) in [5.74, 6) is 1.01. The molecule has 254 valence electrons. The molecule has 11 heteroatoms. The van der Waals surface area contributed by atoms with Crippen molar-refractivity contribution in [3.63, 3.8) is 0 Å². The van der Waals surface area contributed by atoms with E-state index in [0.717, 1.165) is 56.0 Å². The SMILES string of the molecule is O=C1NCCCCN(Cc2ccc3c(c2)OCCO3)CCCN(C(=O)c2ccccc2)[C@H]2C[C@@H]1N(C(=O)c1ccccc1-n1cccn1)C2. The van der Waals surface area contributed by atoms with E-state index >= 15 is 0 Å². The Morgan fingerprint density at radius 3 is 2.45 bits per heavy atom. The number of nitrogens with one attached hydrogen (secondary N) is 1. The molecule has 49 heavy (non-hydrogen) atoms. The standard InChI is InChI=1S/C38H42N6O5/c45-36-33-25-30(27-43(33)38(47)31-12-4-5-13-32(31)44-21-8-17-40-44)42(37(46)29-10-2-1-3-11-29)20-9-19-41(18-7-6-16-39-36)26-28-14-15-34-35(24-28)49-23-22-48-34/h1-5,8,10-15,17,21,24,30,33H,6-7,9,16,18-20,22-23,25-27H2,(H,39,45)/t30-,33-/m0/s1. The number of para-hydroxylation sites is 1. The van der Waals surface area contributed by atoms with Crippen LogP contribution in [0.3, 0.4) is 0 Å². The number of likely N-dealkylation sites (tertiary alicyclic amines) is 1. The molecule has 0 radical (unpaired) electrons. The monoisotopic (exact) mass is 662 g/mol. The van der Waals surface area contributed by atoms with Crippen molar-refractivity contribution in [1.29, 1.82) is 0 Å². The Labute approximate surface area is 286 Å². The van der Waals surface area contributed by atoms with Crippen LogP contribution in [-0.4, -0.2) is 100 Å². The minimum absolute atomic E-state index is 0.0959. The van der Waals surface area contributed by atoms with Gasteiger partial charge in [0.1, 0.15) is 19.3 Å². The van der Waals surface area contributed by atoms with Crippen LogP contribution in [0.5, 0.6) is 11.5 Å². The van der Waals surface area contributed by atoms with Crippen molar-refractivity contribution in [2.45, 2.75) is 44.3 Å². The molecule has 0 aliphatic carbocycles. The van der Waals surface area contributed by atoms with E-state index in [2.05, 4.69) is 27.4 Å². The number of amides is 3. The molecular weight excluding hydrogens is 620 g/mol. The number of hydrogen-bond acceptors (Lipinski definition) is 7. The molecule has 0 spiro atoms. The number of rotatable bonds is 5. The minimum atomic E-state index is -0.705. The molecule has 3 aliphatic heterocycles. The summed E-state index contributed by atoms with van der Waals surface area (Å²) in [5, 5.41) is 7.46. The number of carbonyl (C=O) groups is 3. The van der Waals surface area contributed by atoms with Gasteiger partial charge in [0.2, 0.25) is 5.91 Å². The van der Waals surface area contributed by atoms with Crippen LogP contribution in [-0.2, 0) is 11.3 Å². The smallest absolute Gasteiger partial charge is 0.256 e. The second-order valence-corrected chi connectivity index (χ2v) is 12.8. The minimum Gasteiger partial charge on any atom is -0.486 e. The van der Waals surface area contributed by atoms with Gasteiger partial charge in [0.05, 0.1) is 17.3 Å². The predicted octanol–water partition coefficient (Wildman–Crippen LogP) is 4.17. The lowest BCUT2D eigenvalue weighted by Crippen LogP contribution is -2.46.